The molecule has 2 fully saturated rings. The van der Waals surface area contributed by atoms with E-state index in [1.54, 1.807) is 12.4 Å². The van der Waals surface area contributed by atoms with Gasteiger partial charge in [0.15, 0.2) is 5.82 Å². The van der Waals surface area contributed by atoms with Crippen LogP contribution in [-0.4, -0.2) is 57.0 Å². The van der Waals surface area contributed by atoms with Gasteiger partial charge in [-0.2, -0.15) is 4.98 Å². The Bertz CT molecular complexity index is 1040. The van der Waals surface area contributed by atoms with E-state index in [4.69, 9.17) is 4.52 Å². The van der Waals surface area contributed by atoms with Crippen molar-refractivity contribution in [1.82, 2.24) is 24.9 Å². The number of rotatable bonds is 5. The molecule has 0 unspecified atom stereocenters. The Morgan fingerprint density at radius 3 is 2.74 bits per heavy atom. The highest BCUT2D eigenvalue weighted by molar-refractivity contribution is 5.79. The van der Waals surface area contributed by atoms with Crippen LogP contribution < -0.4 is 0 Å². The van der Waals surface area contributed by atoms with Crippen molar-refractivity contribution in [3.63, 3.8) is 0 Å². The molecule has 0 spiro atoms. The predicted octanol–water partition coefficient (Wildman–Crippen LogP) is 2.62. The standard InChI is InChI=1S/C24H27N5O2/c1-18-26-23(27-31-18)24-16-28(14-19-6-3-2-4-7-19)15-21(24)9-11-29(17-24)22(30)12-20-8-5-10-25-13-20/h2-8,10,13,21H,9,11-12,14-17H2,1H3/t21-,24+/m0/s1. The number of carbonyl (C=O) groups is 1. The maximum Gasteiger partial charge on any atom is 0.227 e. The van der Waals surface area contributed by atoms with E-state index in [9.17, 15) is 4.79 Å². The molecule has 2 saturated heterocycles. The third-order valence-corrected chi connectivity index (χ3v) is 6.64. The highest BCUT2D eigenvalue weighted by atomic mass is 16.5. The first-order valence-corrected chi connectivity index (χ1v) is 10.9. The summed E-state index contributed by atoms with van der Waals surface area (Å²) < 4.78 is 5.37. The molecule has 2 aromatic heterocycles. The van der Waals surface area contributed by atoms with Crippen LogP contribution in [-0.2, 0) is 23.2 Å². The van der Waals surface area contributed by atoms with E-state index in [0.717, 1.165) is 44.0 Å². The monoisotopic (exact) mass is 417 g/mol. The van der Waals surface area contributed by atoms with Gasteiger partial charge >= 0.3 is 0 Å². The molecule has 0 bridgehead atoms. The molecule has 7 nitrogen and oxygen atoms in total. The van der Waals surface area contributed by atoms with Crippen molar-refractivity contribution >= 4 is 5.91 Å². The van der Waals surface area contributed by atoms with Crippen LogP contribution >= 0.6 is 0 Å². The van der Waals surface area contributed by atoms with Crippen LogP contribution in [0.15, 0.2) is 59.4 Å². The Hall–Kier alpha value is -3.06. The maximum atomic E-state index is 13.1. The molecule has 5 rings (SSSR count). The number of hydrogen-bond acceptors (Lipinski definition) is 6. The van der Waals surface area contributed by atoms with E-state index in [0.29, 0.717) is 24.8 Å². The molecule has 0 aliphatic carbocycles. The molecule has 7 heteroatoms. The molecule has 0 saturated carbocycles. The first-order chi connectivity index (χ1) is 15.1. The van der Waals surface area contributed by atoms with Crippen LogP contribution in [0.3, 0.4) is 0 Å². The number of piperidine rings is 1. The van der Waals surface area contributed by atoms with Crippen LogP contribution in [0.25, 0.3) is 0 Å². The number of nitrogens with zero attached hydrogens (tertiary/aromatic N) is 5. The van der Waals surface area contributed by atoms with Gasteiger partial charge in [-0.3, -0.25) is 14.7 Å². The molecule has 3 aromatic rings. The molecular formula is C24H27N5O2. The lowest BCUT2D eigenvalue weighted by Gasteiger charge is -2.42. The van der Waals surface area contributed by atoms with Crippen LogP contribution in [0.2, 0.25) is 0 Å². The lowest BCUT2D eigenvalue weighted by molar-refractivity contribution is -0.133. The van der Waals surface area contributed by atoms with Crippen molar-refractivity contribution in [2.75, 3.05) is 26.2 Å². The SMILES string of the molecule is Cc1nc([C@@]23CN(Cc4ccccc4)C[C@@H]2CCN(C(=O)Cc2cccnc2)C3)no1. The van der Waals surface area contributed by atoms with Crippen LogP contribution in [0.5, 0.6) is 0 Å². The summed E-state index contributed by atoms with van der Waals surface area (Å²) in [7, 11) is 0. The minimum atomic E-state index is -0.296. The fourth-order valence-electron chi connectivity index (χ4n) is 5.15. The normalized spacial score (nSPS) is 23.6. The summed E-state index contributed by atoms with van der Waals surface area (Å²) in [5.74, 6) is 1.84. The second-order valence-electron chi connectivity index (χ2n) is 8.79. The van der Waals surface area contributed by atoms with Crippen molar-refractivity contribution < 1.29 is 9.32 Å². The Kier molecular flexibility index (Phi) is 5.28. The number of carbonyl (C=O) groups excluding carboxylic acids is 1. The molecule has 2 aliphatic heterocycles. The number of pyridine rings is 1. The van der Waals surface area contributed by atoms with E-state index in [-0.39, 0.29) is 11.3 Å². The minimum Gasteiger partial charge on any atom is -0.341 e. The maximum absolute atomic E-state index is 13.1. The summed E-state index contributed by atoms with van der Waals surface area (Å²) in [4.78, 5) is 26.4. The predicted molar refractivity (Wildman–Crippen MR) is 115 cm³/mol. The molecule has 160 valence electrons. The third kappa shape index (κ3) is 3.97. The van der Waals surface area contributed by atoms with Crippen molar-refractivity contribution in [2.24, 2.45) is 5.92 Å². The smallest absolute Gasteiger partial charge is 0.227 e. The fraction of sp³-hybridized carbons (Fsp3) is 0.417. The number of fused-ring (bicyclic) bond motifs is 1. The second kappa shape index (κ2) is 8.23. The number of aryl methyl sites for hydroxylation is 1. The van der Waals surface area contributed by atoms with Gasteiger partial charge in [0.2, 0.25) is 11.8 Å². The molecule has 4 heterocycles. The summed E-state index contributed by atoms with van der Waals surface area (Å²) in [6.45, 7) is 5.91. The quantitative estimate of drug-likeness (QED) is 0.635. The van der Waals surface area contributed by atoms with Gasteiger partial charge in [-0.15, -0.1) is 0 Å². The number of benzene rings is 1. The average Bonchev–Trinajstić information content (AvgIpc) is 3.38. The van der Waals surface area contributed by atoms with Gasteiger partial charge in [0.05, 0.1) is 11.8 Å². The van der Waals surface area contributed by atoms with Crippen LogP contribution in [0.4, 0.5) is 0 Å². The summed E-state index contributed by atoms with van der Waals surface area (Å²) in [6, 6.07) is 14.4. The number of amides is 1. The Balaban J connectivity index is 1.39. The van der Waals surface area contributed by atoms with Crippen molar-refractivity contribution in [2.45, 2.75) is 31.7 Å². The molecule has 2 atom stereocenters. The third-order valence-electron chi connectivity index (χ3n) is 6.64. The first kappa shape index (κ1) is 19.9. The minimum absolute atomic E-state index is 0.132. The van der Waals surface area contributed by atoms with Crippen molar-refractivity contribution in [3.8, 4) is 0 Å². The summed E-state index contributed by atoms with van der Waals surface area (Å²) in [6.07, 6.45) is 4.80. The van der Waals surface area contributed by atoms with Crippen molar-refractivity contribution in [3.05, 3.63) is 77.7 Å². The zero-order valence-electron chi connectivity index (χ0n) is 17.8. The van der Waals surface area contributed by atoms with E-state index in [1.807, 2.05) is 30.0 Å². The van der Waals surface area contributed by atoms with Gasteiger partial charge in [0.1, 0.15) is 0 Å². The zero-order valence-corrected chi connectivity index (χ0v) is 17.8. The van der Waals surface area contributed by atoms with Gasteiger partial charge in [0.25, 0.3) is 0 Å². The fourth-order valence-corrected chi connectivity index (χ4v) is 5.15. The molecule has 0 radical (unpaired) electrons. The highest BCUT2D eigenvalue weighted by Gasteiger charge is 2.54. The first-order valence-electron chi connectivity index (χ1n) is 10.9. The molecule has 31 heavy (non-hydrogen) atoms. The van der Waals surface area contributed by atoms with E-state index >= 15 is 0 Å². The highest BCUT2D eigenvalue weighted by Crippen LogP contribution is 2.44. The van der Waals surface area contributed by atoms with E-state index in [2.05, 4.69) is 44.3 Å². The number of aromatic nitrogens is 3. The second-order valence-corrected chi connectivity index (χ2v) is 8.79. The summed E-state index contributed by atoms with van der Waals surface area (Å²) in [5, 5.41) is 4.33. The van der Waals surface area contributed by atoms with Crippen LogP contribution in [0.1, 0.15) is 29.3 Å². The van der Waals surface area contributed by atoms with Gasteiger partial charge in [-0.25, -0.2) is 0 Å². The topological polar surface area (TPSA) is 75.4 Å². The largest absolute Gasteiger partial charge is 0.341 e. The molecule has 2 aliphatic rings. The molecule has 0 N–H and O–H groups in total. The van der Waals surface area contributed by atoms with E-state index < -0.39 is 0 Å². The lowest BCUT2D eigenvalue weighted by atomic mass is 9.72. The van der Waals surface area contributed by atoms with Gasteiger partial charge in [-0.1, -0.05) is 41.6 Å². The van der Waals surface area contributed by atoms with Gasteiger partial charge in [0, 0.05) is 52.0 Å². The number of likely N-dealkylation sites (tertiary alicyclic amines) is 2. The lowest BCUT2D eigenvalue weighted by Crippen LogP contribution is -2.54. The van der Waals surface area contributed by atoms with Gasteiger partial charge in [-0.05, 0) is 29.5 Å². The Morgan fingerprint density at radius 1 is 1.16 bits per heavy atom. The average molecular weight is 418 g/mol. The molecular weight excluding hydrogens is 390 g/mol. The Labute approximate surface area is 182 Å². The molecule has 1 aromatic carbocycles. The van der Waals surface area contributed by atoms with E-state index in [1.165, 1.54) is 5.56 Å². The number of hydrogen-bond donors (Lipinski definition) is 0. The molecule has 1 amide bonds. The Morgan fingerprint density at radius 2 is 2.00 bits per heavy atom. The van der Waals surface area contributed by atoms with Gasteiger partial charge < -0.3 is 9.42 Å². The van der Waals surface area contributed by atoms with Crippen molar-refractivity contribution in [1.29, 1.82) is 0 Å². The summed E-state index contributed by atoms with van der Waals surface area (Å²) >= 11 is 0. The summed E-state index contributed by atoms with van der Waals surface area (Å²) in [5.41, 5.74) is 1.94. The van der Waals surface area contributed by atoms with Crippen LogP contribution in [0, 0.1) is 12.8 Å². The zero-order chi connectivity index (χ0) is 21.3.